The van der Waals surface area contributed by atoms with Gasteiger partial charge in [0.1, 0.15) is 5.75 Å². The maximum atomic E-state index is 13.2. The number of pyridine rings is 1. The zero-order chi connectivity index (χ0) is 27.5. The highest BCUT2D eigenvalue weighted by Crippen LogP contribution is 2.38. The fourth-order valence-corrected chi connectivity index (χ4v) is 7.82. The summed E-state index contributed by atoms with van der Waals surface area (Å²) in [5, 5.41) is 8.37. The van der Waals surface area contributed by atoms with Gasteiger partial charge in [0, 0.05) is 30.4 Å². The molecule has 1 saturated heterocycles. The van der Waals surface area contributed by atoms with Crippen molar-refractivity contribution in [2.24, 2.45) is 0 Å². The molecule has 0 unspecified atom stereocenters. The first-order valence-corrected chi connectivity index (χ1v) is 15.9. The van der Waals surface area contributed by atoms with Crippen molar-refractivity contribution in [2.75, 3.05) is 18.4 Å². The Morgan fingerprint density at radius 1 is 0.950 bits per heavy atom. The number of fused-ring (bicyclic) bond motifs is 1. The van der Waals surface area contributed by atoms with Crippen molar-refractivity contribution in [3.63, 3.8) is 0 Å². The summed E-state index contributed by atoms with van der Waals surface area (Å²) in [4.78, 5) is 13.8. The van der Waals surface area contributed by atoms with E-state index < -0.39 is 9.84 Å². The van der Waals surface area contributed by atoms with Crippen LogP contribution in [-0.2, 0) is 15.6 Å². The van der Waals surface area contributed by atoms with Crippen LogP contribution in [0.3, 0.4) is 0 Å². The molecule has 2 aliphatic rings. The molecule has 9 heteroatoms. The molecule has 208 valence electrons. The lowest BCUT2D eigenvalue weighted by atomic mass is 10.0. The molecule has 1 saturated carbocycles. The number of piperidine rings is 1. The molecule has 0 radical (unpaired) electrons. The van der Waals surface area contributed by atoms with Crippen LogP contribution >= 0.6 is 0 Å². The van der Waals surface area contributed by atoms with Gasteiger partial charge in [0.15, 0.2) is 9.84 Å². The van der Waals surface area contributed by atoms with E-state index in [1.807, 2.05) is 55.5 Å². The van der Waals surface area contributed by atoms with Crippen LogP contribution in [-0.4, -0.2) is 47.8 Å². The molecule has 2 aromatic heterocycles. The van der Waals surface area contributed by atoms with Gasteiger partial charge in [-0.05, 0) is 73.9 Å². The number of aryl methyl sites for hydroxylation is 1. The van der Waals surface area contributed by atoms with Gasteiger partial charge < -0.3 is 15.4 Å². The number of nitrogens with one attached hydrogen (secondary N) is 2. The highest BCUT2D eigenvalue weighted by atomic mass is 32.2. The predicted molar refractivity (Wildman–Crippen MR) is 158 cm³/mol. The molecule has 0 bridgehead atoms. The third-order valence-electron chi connectivity index (χ3n) is 8.00. The number of rotatable bonds is 8. The van der Waals surface area contributed by atoms with E-state index in [0.29, 0.717) is 29.3 Å². The van der Waals surface area contributed by atoms with E-state index in [2.05, 4.69) is 20.6 Å². The Kier molecular flexibility index (Phi) is 7.67. The molecular weight excluding hydrogens is 522 g/mol. The second kappa shape index (κ2) is 11.5. The summed E-state index contributed by atoms with van der Waals surface area (Å²) >= 11 is 0. The molecule has 4 aromatic rings. The summed E-state index contributed by atoms with van der Waals surface area (Å²) < 4.78 is 32.9. The van der Waals surface area contributed by atoms with E-state index in [9.17, 15) is 8.42 Å². The minimum atomic E-state index is -3.22. The number of anilines is 1. The van der Waals surface area contributed by atoms with Gasteiger partial charge in [0.05, 0.1) is 22.3 Å². The van der Waals surface area contributed by atoms with Crippen molar-refractivity contribution in [1.82, 2.24) is 20.3 Å². The number of sulfone groups is 1. The van der Waals surface area contributed by atoms with E-state index >= 15 is 0 Å². The van der Waals surface area contributed by atoms with E-state index in [0.717, 1.165) is 79.1 Å². The first kappa shape index (κ1) is 26.7. The third kappa shape index (κ3) is 5.67. The Hall–Kier alpha value is -3.56. The summed E-state index contributed by atoms with van der Waals surface area (Å²) in [5.41, 5.74) is 3.21. The van der Waals surface area contributed by atoms with Gasteiger partial charge >= 0.3 is 0 Å². The number of ether oxygens (including phenoxy) is 1. The van der Waals surface area contributed by atoms with Crippen LogP contribution in [0.1, 0.15) is 49.7 Å². The molecule has 2 N–H and O–H groups in total. The topological polar surface area (TPSA) is 106 Å². The lowest BCUT2D eigenvalue weighted by molar-refractivity contribution is 0.466. The normalized spacial score (nSPS) is 18.2. The summed E-state index contributed by atoms with van der Waals surface area (Å²) in [6.07, 6.45) is 9.16. The molecule has 2 fully saturated rings. The first-order chi connectivity index (χ1) is 19.5. The molecular formula is C31H35N5O3S. The number of hydrogen-bond acceptors (Lipinski definition) is 8. The van der Waals surface area contributed by atoms with Gasteiger partial charge in [-0.3, -0.25) is 0 Å². The summed E-state index contributed by atoms with van der Waals surface area (Å²) in [6, 6.07) is 15.7. The highest BCUT2D eigenvalue weighted by molar-refractivity contribution is 7.91. The fourth-order valence-electron chi connectivity index (χ4n) is 5.85. The minimum absolute atomic E-state index is 0.0412. The van der Waals surface area contributed by atoms with Gasteiger partial charge in [0.2, 0.25) is 11.8 Å². The quantitative estimate of drug-likeness (QED) is 0.279. The lowest BCUT2D eigenvalue weighted by Crippen LogP contribution is -2.38. The van der Waals surface area contributed by atoms with Crippen LogP contribution < -0.4 is 15.4 Å². The molecule has 1 atom stereocenters. The standard InChI is InChI=1S/C31H35N5O3S/c1-21-13-14-25-22(20-40(37,38)24-9-2-3-10-24)7-4-11-26(25)29(21)39-30-27(12-6-17-33-30)28-15-18-34-31(36-28)35-23-8-5-16-32-19-23/h4,6-7,11-15,17-18,23-24,32H,2-3,5,8-10,16,19-20H2,1H3,(H,34,35,36)/t23-/m0/s1. The van der Waals surface area contributed by atoms with E-state index in [-0.39, 0.29) is 11.0 Å². The van der Waals surface area contributed by atoms with Crippen molar-refractivity contribution in [3.05, 3.63) is 72.1 Å². The van der Waals surface area contributed by atoms with Crippen LogP contribution in [0.15, 0.2) is 60.9 Å². The van der Waals surface area contributed by atoms with Crippen LogP contribution in [0, 0.1) is 6.92 Å². The van der Waals surface area contributed by atoms with Gasteiger partial charge in [0.25, 0.3) is 0 Å². The SMILES string of the molecule is Cc1ccc2c(CS(=O)(=O)C3CCCC3)cccc2c1Oc1ncccc1-c1ccnc(N[C@H]2CCCNC2)n1. The molecule has 1 aliphatic heterocycles. The molecule has 3 heterocycles. The number of benzene rings is 2. The molecule has 1 aliphatic carbocycles. The van der Waals surface area contributed by atoms with Gasteiger partial charge in [-0.25, -0.2) is 23.4 Å². The highest BCUT2D eigenvalue weighted by Gasteiger charge is 2.29. The monoisotopic (exact) mass is 557 g/mol. The zero-order valence-corrected chi connectivity index (χ0v) is 23.6. The number of aromatic nitrogens is 3. The number of nitrogens with zero attached hydrogens (tertiary/aromatic N) is 3. The molecule has 6 rings (SSSR count). The fraction of sp³-hybridized carbons (Fsp3) is 0.387. The van der Waals surface area contributed by atoms with Crippen LogP contribution in [0.4, 0.5) is 5.95 Å². The second-order valence-corrected chi connectivity index (χ2v) is 13.1. The summed E-state index contributed by atoms with van der Waals surface area (Å²) in [6.45, 7) is 3.92. The Morgan fingerprint density at radius 2 is 1.82 bits per heavy atom. The minimum Gasteiger partial charge on any atom is -0.437 e. The Morgan fingerprint density at radius 3 is 2.65 bits per heavy atom. The zero-order valence-electron chi connectivity index (χ0n) is 22.8. The van der Waals surface area contributed by atoms with Gasteiger partial charge in [-0.1, -0.05) is 43.2 Å². The first-order valence-electron chi connectivity index (χ1n) is 14.1. The predicted octanol–water partition coefficient (Wildman–Crippen LogP) is 5.81. The van der Waals surface area contributed by atoms with Crippen LogP contribution in [0.2, 0.25) is 0 Å². The second-order valence-electron chi connectivity index (χ2n) is 10.8. The molecule has 0 amide bonds. The van der Waals surface area contributed by atoms with Crippen molar-refractivity contribution >= 4 is 26.6 Å². The summed E-state index contributed by atoms with van der Waals surface area (Å²) in [7, 11) is -3.22. The average Bonchev–Trinajstić information content (AvgIpc) is 3.52. The van der Waals surface area contributed by atoms with Crippen molar-refractivity contribution < 1.29 is 13.2 Å². The molecule has 2 aromatic carbocycles. The molecule has 40 heavy (non-hydrogen) atoms. The Balaban J connectivity index is 1.32. The summed E-state index contributed by atoms with van der Waals surface area (Å²) in [5.74, 6) is 1.72. The Bertz CT molecular complexity index is 1610. The van der Waals surface area contributed by atoms with Gasteiger partial charge in [-0.2, -0.15) is 0 Å². The van der Waals surface area contributed by atoms with Crippen LogP contribution in [0.5, 0.6) is 11.6 Å². The average molecular weight is 558 g/mol. The van der Waals surface area contributed by atoms with Crippen LogP contribution in [0.25, 0.3) is 22.0 Å². The molecule has 8 nitrogen and oxygen atoms in total. The Labute approximate surface area is 235 Å². The van der Waals surface area contributed by atoms with E-state index in [4.69, 9.17) is 9.72 Å². The number of hydrogen-bond donors (Lipinski definition) is 2. The van der Waals surface area contributed by atoms with Crippen molar-refractivity contribution in [1.29, 1.82) is 0 Å². The lowest BCUT2D eigenvalue weighted by Gasteiger charge is -2.23. The van der Waals surface area contributed by atoms with Gasteiger partial charge in [-0.15, -0.1) is 0 Å². The van der Waals surface area contributed by atoms with Crippen molar-refractivity contribution in [2.45, 2.75) is 62.5 Å². The smallest absolute Gasteiger partial charge is 0.228 e. The third-order valence-corrected chi connectivity index (χ3v) is 10.2. The molecule has 0 spiro atoms. The maximum absolute atomic E-state index is 13.2. The van der Waals surface area contributed by atoms with E-state index in [1.165, 1.54) is 0 Å². The largest absolute Gasteiger partial charge is 0.437 e. The van der Waals surface area contributed by atoms with Crippen molar-refractivity contribution in [3.8, 4) is 22.9 Å². The maximum Gasteiger partial charge on any atom is 0.228 e. The van der Waals surface area contributed by atoms with E-state index in [1.54, 1.807) is 12.4 Å².